The van der Waals surface area contributed by atoms with Crippen LogP contribution in [0.15, 0.2) is 164 Å². The fourth-order valence-electron chi connectivity index (χ4n) is 7.00. The van der Waals surface area contributed by atoms with Crippen LogP contribution in [0.4, 0.5) is 0 Å². The van der Waals surface area contributed by atoms with Crippen molar-refractivity contribution in [2.24, 2.45) is 0 Å². The second-order valence-electron chi connectivity index (χ2n) is 11.7. The van der Waals surface area contributed by atoms with Gasteiger partial charge in [0.05, 0.1) is 33.7 Å². The molecule has 0 radical (unpaired) electrons. The molecule has 0 saturated carbocycles. The standard InChI is InChI=1S/C43H27N3/c44-28-29-16-20-40-36(24-29)37-26-32(18-22-41(37)45(40)34-12-6-2-7-13-34)33-19-23-43-39(27-33)38-25-31(30-10-4-1-5-11-30)17-21-42(38)46(43)35-14-8-3-9-15-35/h1-27H. The molecule has 0 unspecified atom stereocenters. The van der Waals surface area contributed by atoms with Crippen LogP contribution in [-0.2, 0) is 0 Å². The Bertz CT molecular complexity index is 2620. The van der Waals surface area contributed by atoms with Crippen LogP contribution in [0.2, 0.25) is 0 Å². The summed E-state index contributed by atoms with van der Waals surface area (Å²) in [4.78, 5) is 0. The molecule has 0 aliphatic heterocycles. The molecule has 7 aromatic carbocycles. The van der Waals surface area contributed by atoms with Crippen molar-refractivity contribution in [1.82, 2.24) is 9.13 Å². The summed E-state index contributed by atoms with van der Waals surface area (Å²) in [7, 11) is 0. The summed E-state index contributed by atoms with van der Waals surface area (Å²) in [6, 6.07) is 60.3. The number of hydrogen-bond donors (Lipinski definition) is 0. The molecule has 0 fully saturated rings. The van der Waals surface area contributed by atoms with E-state index in [0.29, 0.717) is 5.56 Å². The first-order valence-corrected chi connectivity index (χ1v) is 15.5. The van der Waals surface area contributed by atoms with E-state index in [1.807, 2.05) is 18.2 Å². The van der Waals surface area contributed by atoms with Crippen LogP contribution in [0.5, 0.6) is 0 Å². The summed E-state index contributed by atoms with van der Waals surface area (Å²) in [6.07, 6.45) is 0. The number of para-hydroxylation sites is 2. The Hall–Kier alpha value is -6.37. The first-order valence-electron chi connectivity index (χ1n) is 15.5. The third-order valence-electron chi connectivity index (χ3n) is 9.13. The first-order chi connectivity index (χ1) is 22.8. The number of fused-ring (bicyclic) bond motifs is 6. The summed E-state index contributed by atoms with van der Waals surface area (Å²) >= 11 is 0. The molecule has 0 N–H and O–H groups in total. The van der Waals surface area contributed by atoms with E-state index in [1.165, 1.54) is 32.9 Å². The Morgan fingerprint density at radius 3 is 1.15 bits per heavy atom. The van der Waals surface area contributed by atoms with Gasteiger partial charge in [0.25, 0.3) is 0 Å². The van der Waals surface area contributed by atoms with E-state index < -0.39 is 0 Å². The maximum Gasteiger partial charge on any atom is 0.0991 e. The summed E-state index contributed by atoms with van der Waals surface area (Å²) in [5.74, 6) is 0. The first kappa shape index (κ1) is 26.1. The van der Waals surface area contributed by atoms with Crippen LogP contribution in [-0.4, -0.2) is 9.13 Å². The Morgan fingerprint density at radius 2 is 0.717 bits per heavy atom. The number of aromatic nitrogens is 2. The topological polar surface area (TPSA) is 33.6 Å². The molecule has 0 amide bonds. The lowest BCUT2D eigenvalue weighted by Crippen LogP contribution is -1.93. The summed E-state index contributed by atoms with van der Waals surface area (Å²) in [6.45, 7) is 0. The maximum atomic E-state index is 9.73. The van der Waals surface area contributed by atoms with Crippen LogP contribution < -0.4 is 0 Å². The van der Waals surface area contributed by atoms with Gasteiger partial charge in [-0.25, -0.2) is 0 Å². The zero-order valence-corrected chi connectivity index (χ0v) is 24.9. The highest BCUT2D eigenvalue weighted by molar-refractivity contribution is 6.13. The van der Waals surface area contributed by atoms with Crippen molar-refractivity contribution >= 4 is 43.6 Å². The molecule has 3 heteroatoms. The molecular formula is C43H27N3. The lowest BCUT2D eigenvalue weighted by Gasteiger charge is -2.09. The van der Waals surface area contributed by atoms with Crippen molar-refractivity contribution < 1.29 is 0 Å². The molecule has 2 heterocycles. The number of hydrogen-bond acceptors (Lipinski definition) is 1. The zero-order chi connectivity index (χ0) is 30.6. The van der Waals surface area contributed by atoms with E-state index >= 15 is 0 Å². The quantitative estimate of drug-likeness (QED) is 0.202. The predicted octanol–water partition coefficient (Wildman–Crippen LogP) is 11.1. The molecule has 3 nitrogen and oxygen atoms in total. The lowest BCUT2D eigenvalue weighted by atomic mass is 9.99. The molecular weight excluding hydrogens is 558 g/mol. The molecule has 46 heavy (non-hydrogen) atoms. The minimum absolute atomic E-state index is 0.661. The van der Waals surface area contributed by atoms with Gasteiger partial charge in [-0.15, -0.1) is 0 Å². The van der Waals surface area contributed by atoms with Gasteiger partial charge in [-0.05, 0) is 101 Å². The van der Waals surface area contributed by atoms with Crippen molar-refractivity contribution in [2.45, 2.75) is 0 Å². The minimum Gasteiger partial charge on any atom is -0.309 e. The SMILES string of the molecule is N#Cc1ccc2c(c1)c1cc(-c3ccc4c(c3)c3cc(-c5ccccc5)ccc3n4-c3ccccc3)ccc1n2-c1ccccc1. The maximum absolute atomic E-state index is 9.73. The molecule has 0 aliphatic carbocycles. The summed E-state index contributed by atoms with van der Waals surface area (Å²) < 4.78 is 4.65. The molecule has 214 valence electrons. The molecule has 0 saturated heterocycles. The van der Waals surface area contributed by atoms with Crippen LogP contribution in [0, 0.1) is 11.3 Å². The number of nitrogens with zero attached hydrogens (tertiary/aromatic N) is 3. The smallest absolute Gasteiger partial charge is 0.0991 e. The second-order valence-corrected chi connectivity index (χ2v) is 11.7. The average molecular weight is 586 g/mol. The van der Waals surface area contributed by atoms with Gasteiger partial charge in [-0.3, -0.25) is 0 Å². The Morgan fingerprint density at radius 1 is 0.348 bits per heavy atom. The Kier molecular flexibility index (Phi) is 5.88. The second kappa shape index (κ2) is 10.4. The van der Waals surface area contributed by atoms with Gasteiger partial charge in [0.1, 0.15) is 0 Å². The fraction of sp³-hybridized carbons (Fsp3) is 0. The number of benzene rings is 7. The average Bonchev–Trinajstić information content (AvgIpc) is 3.64. The van der Waals surface area contributed by atoms with Crippen molar-refractivity contribution in [3.63, 3.8) is 0 Å². The van der Waals surface area contributed by atoms with Crippen LogP contribution in [0.25, 0.3) is 77.2 Å². The van der Waals surface area contributed by atoms with E-state index in [4.69, 9.17) is 0 Å². The van der Waals surface area contributed by atoms with E-state index in [1.54, 1.807) is 0 Å². The van der Waals surface area contributed by atoms with Crippen LogP contribution in [0.1, 0.15) is 5.56 Å². The number of nitriles is 1. The molecule has 0 bridgehead atoms. The van der Waals surface area contributed by atoms with Crippen molar-refractivity contribution in [3.8, 4) is 39.7 Å². The van der Waals surface area contributed by atoms with Gasteiger partial charge in [0.2, 0.25) is 0 Å². The summed E-state index contributed by atoms with van der Waals surface area (Å²) in [5.41, 5.74) is 12.2. The van der Waals surface area contributed by atoms with Crippen molar-refractivity contribution in [1.29, 1.82) is 5.26 Å². The Balaban J connectivity index is 1.29. The van der Waals surface area contributed by atoms with Crippen molar-refractivity contribution in [2.75, 3.05) is 0 Å². The Labute approximate surface area is 266 Å². The van der Waals surface area contributed by atoms with Gasteiger partial charge in [0, 0.05) is 32.9 Å². The number of rotatable bonds is 4. The normalized spacial score (nSPS) is 11.5. The van der Waals surface area contributed by atoms with Gasteiger partial charge in [-0.1, -0.05) is 84.9 Å². The van der Waals surface area contributed by atoms with E-state index in [-0.39, 0.29) is 0 Å². The van der Waals surface area contributed by atoms with Gasteiger partial charge in [0.15, 0.2) is 0 Å². The molecule has 9 rings (SSSR count). The van der Waals surface area contributed by atoms with E-state index in [9.17, 15) is 5.26 Å². The highest BCUT2D eigenvalue weighted by atomic mass is 15.0. The van der Waals surface area contributed by atoms with E-state index in [2.05, 4.69) is 161 Å². The van der Waals surface area contributed by atoms with Crippen molar-refractivity contribution in [3.05, 3.63) is 169 Å². The van der Waals surface area contributed by atoms with Crippen LogP contribution >= 0.6 is 0 Å². The minimum atomic E-state index is 0.661. The molecule has 9 aromatic rings. The predicted molar refractivity (Wildman–Crippen MR) is 191 cm³/mol. The van der Waals surface area contributed by atoms with E-state index in [0.717, 1.165) is 44.3 Å². The largest absolute Gasteiger partial charge is 0.309 e. The third-order valence-corrected chi connectivity index (χ3v) is 9.13. The zero-order valence-electron chi connectivity index (χ0n) is 24.9. The highest BCUT2D eigenvalue weighted by Crippen LogP contribution is 2.39. The monoisotopic (exact) mass is 585 g/mol. The molecule has 0 atom stereocenters. The van der Waals surface area contributed by atoms with Gasteiger partial charge in [-0.2, -0.15) is 5.26 Å². The van der Waals surface area contributed by atoms with Gasteiger partial charge < -0.3 is 9.13 Å². The molecule has 0 aliphatic rings. The fourth-order valence-corrected chi connectivity index (χ4v) is 7.00. The van der Waals surface area contributed by atoms with Crippen LogP contribution in [0.3, 0.4) is 0 Å². The lowest BCUT2D eigenvalue weighted by molar-refractivity contribution is 1.18. The third kappa shape index (κ3) is 4.05. The summed E-state index contributed by atoms with van der Waals surface area (Å²) in [5, 5.41) is 14.4. The molecule has 0 spiro atoms. The highest BCUT2D eigenvalue weighted by Gasteiger charge is 2.17. The van der Waals surface area contributed by atoms with Gasteiger partial charge >= 0.3 is 0 Å². The molecule has 2 aromatic heterocycles.